The zero-order chi connectivity index (χ0) is 24.5. The molecular formula is C26H22FN5O2S2. The summed E-state index contributed by atoms with van der Waals surface area (Å²) in [6.45, 7) is 0.0468. The Balaban J connectivity index is 1.28. The molecule has 0 saturated carbocycles. The Morgan fingerprint density at radius 3 is 2.72 bits per heavy atom. The Morgan fingerprint density at radius 1 is 1.06 bits per heavy atom. The van der Waals surface area contributed by atoms with Gasteiger partial charge in [-0.05, 0) is 55.5 Å². The summed E-state index contributed by atoms with van der Waals surface area (Å²) in [6, 6.07) is 15.9. The number of hydrogen-bond acceptors (Lipinski definition) is 7. The van der Waals surface area contributed by atoms with Crippen molar-refractivity contribution in [1.29, 1.82) is 0 Å². The summed E-state index contributed by atoms with van der Waals surface area (Å²) in [7, 11) is 0. The van der Waals surface area contributed by atoms with Crippen LogP contribution in [-0.4, -0.2) is 24.7 Å². The van der Waals surface area contributed by atoms with Crippen molar-refractivity contribution in [1.82, 2.24) is 24.7 Å². The van der Waals surface area contributed by atoms with E-state index < -0.39 is 5.82 Å². The zero-order valence-electron chi connectivity index (χ0n) is 19.2. The van der Waals surface area contributed by atoms with E-state index in [0.29, 0.717) is 22.6 Å². The van der Waals surface area contributed by atoms with Gasteiger partial charge in [0.2, 0.25) is 0 Å². The molecule has 3 heterocycles. The molecule has 1 aliphatic carbocycles. The standard InChI is InChI=1S/C26H22FN5O2S2/c27-18-11-5-6-12-19(18)34-14-22-30-31-26(32(22)16-8-2-1-3-9-16)35-15-21-28-24(33)23-17-10-4-7-13-20(17)36-25(23)29-21/h1-3,5-6,8-9,11-12H,4,7,10,13-15H2,(H,28,29,33). The van der Waals surface area contributed by atoms with E-state index in [4.69, 9.17) is 9.72 Å². The molecule has 10 heteroatoms. The van der Waals surface area contributed by atoms with Crippen molar-refractivity contribution >= 4 is 33.3 Å². The van der Waals surface area contributed by atoms with Gasteiger partial charge in [0.25, 0.3) is 5.56 Å². The van der Waals surface area contributed by atoms with Gasteiger partial charge in [0.1, 0.15) is 17.3 Å². The molecule has 0 atom stereocenters. The number of thiophene rings is 1. The third kappa shape index (κ3) is 4.42. The molecule has 0 radical (unpaired) electrons. The van der Waals surface area contributed by atoms with E-state index in [1.165, 1.54) is 34.7 Å². The third-order valence-corrected chi connectivity index (χ3v) is 8.25. The summed E-state index contributed by atoms with van der Waals surface area (Å²) in [6.07, 6.45) is 4.26. The lowest BCUT2D eigenvalue weighted by Crippen LogP contribution is -2.12. The molecule has 0 saturated heterocycles. The summed E-state index contributed by atoms with van der Waals surface area (Å²) in [4.78, 5) is 22.7. The summed E-state index contributed by atoms with van der Waals surface area (Å²) in [5, 5.41) is 10.1. The summed E-state index contributed by atoms with van der Waals surface area (Å²) in [5.41, 5.74) is 1.97. The molecule has 182 valence electrons. The summed E-state index contributed by atoms with van der Waals surface area (Å²) >= 11 is 3.06. The van der Waals surface area contributed by atoms with Gasteiger partial charge >= 0.3 is 0 Å². The maximum absolute atomic E-state index is 14.0. The summed E-state index contributed by atoms with van der Waals surface area (Å²) in [5.74, 6) is 1.28. The molecule has 5 aromatic rings. The normalized spacial score (nSPS) is 13.1. The predicted molar refractivity (Wildman–Crippen MR) is 139 cm³/mol. The van der Waals surface area contributed by atoms with Gasteiger partial charge in [-0.3, -0.25) is 9.36 Å². The number of thioether (sulfide) groups is 1. The third-order valence-electron chi connectivity index (χ3n) is 6.12. The fourth-order valence-corrected chi connectivity index (χ4v) is 6.56. The molecule has 0 aliphatic heterocycles. The minimum Gasteiger partial charge on any atom is -0.483 e. The first kappa shape index (κ1) is 22.9. The number of aromatic amines is 1. The van der Waals surface area contributed by atoms with E-state index in [1.54, 1.807) is 29.5 Å². The van der Waals surface area contributed by atoms with Crippen LogP contribution in [0, 0.1) is 5.82 Å². The van der Waals surface area contributed by atoms with Gasteiger partial charge in [0.05, 0.1) is 11.1 Å². The number of H-pyrrole nitrogens is 1. The number of fused-ring (bicyclic) bond motifs is 3. The van der Waals surface area contributed by atoms with E-state index in [1.807, 2.05) is 34.9 Å². The van der Waals surface area contributed by atoms with E-state index >= 15 is 0 Å². The van der Waals surface area contributed by atoms with Crippen LogP contribution < -0.4 is 10.3 Å². The zero-order valence-corrected chi connectivity index (χ0v) is 20.9. The van der Waals surface area contributed by atoms with E-state index in [2.05, 4.69) is 15.2 Å². The Kier molecular flexibility index (Phi) is 6.28. The number of aryl methyl sites for hydroxylation is 2. The predicted octanol–water partition coefficient (Wildman–Crippen LogP) is 5.45. The largest absolute Gasteiger partial charge is 0.483 e. The van der Waals surface area contributed by atoms with Crippen LogP contribution in [0.3, 0.4) is 0 Å². The van der Waals surface area contributed by atoms with Crippen LogP contribution in [0.2, 0.25) is 0 Å². The van der Waals surface area contributed by atoms with Crippen molar-refractivity contribution in [2.75, 3.05) is 0 Å². The van der Waals surface area contributed by atoms with Crippen LogP contribution >= 0.6 is 23.1 Å². The van der Waals surface area contributed by atoms with Crippen molar-refractivity contribution < 1.29 is 9.13 Å². The van der Waals surface area contributed by atoms with E-state index in [-0.39, 0.29) is 17.9 Å². The Hall–Kier alpha value is -3.50. The Labute approximate surface area is 214 Å². The molecule has 3 aromatic heterocycles. The highest BCUT2D eigenvalue weighted by Crippen LogP contribution is 2.34. The van der Waals surface area contributed by atoms with Crippen LogP contribution in [-0.2, 0) is 25.2 Å². The molecule has 1 aliphatic rings. The molecule has 0 bridgehead atoms. The van der Waals surface area contributed by atoms with Crippen LogP contribution in [0.5, 0.6) is 5.75 Å². The summed E-state index contributed by atoms with van der Waals surface area (Å²) < 4.78 is 21.6. The molecule has 0 fully saturated rings. The maximum atomic E-state index is 14.0. The second-order valence-corrected chi connectivity index (χ2v) is 10.5. The molecule has 2 aromatic carbocycles. The fraction of sp³-hybridized carbons (Fsp3) is 0.231. The number of para-hydroxylation sites is 2. The molecular weight excluding hydrogens is 497 g/mol. The fourth-order valence-electron chi connectivity index (χ4n) is 4.44. The monoisotopic (exact) mass is 519 g/mol. The van der Waals surface area contributed by atoms with Gasteiger partial charge in [-0.1, -0.05) is 42.1 Å². The number of halogens is 1. The van der Waals surface area contributed by atoms with Gasteiger partial charge in [-0.2, -0.15) is 0 Å². The highest BCUT2D eigenvalue weighted by molar-refractivity contribution is 7.98. The number of aromatic nitrogens is 5. The van der Waals surface area contributed by atoms with Crippen LogP contribution in [0.25, 0.3) is 15.9 Å². The van der Waals surface area contributed by atoms with Gasteiger partial charge in [-0.15, -0.1) is 21.5 Å². The van der Waals surface area contributed by atoms with E-state index in [0.717, 1.165) is 35.2 Å². The first-order valence-electron chi connectivity index (χ1n) is 11.7. The smallest absolute Gasteiger partial charge is 0.259 e. The average Bonchev–Trinajstić information content (AvgIpc) is 3.48. The molecule has 0 amide bonds. The number of nitrogens with one attached hydrogen (secondary N) is 1. The first-order chi connectivity index (χ1) is 17.7. The lowest BCUT2D eigenvalue weighted by atomic mass is 9.97. The molecule has 7 nitrogen and oxygen atoms in total. The molecule has 6 rings (SSSR count). The Morgan fingerprint density at radius 2 is 1.86 bits per heavy atom. The van der Waals surface area contributed by atoms with Crippen molar-refractivity contribution in [2.24, 2.45) is 0 Å². The number of benzene rings is 2. The number of hydrogen-bond donors (Lipinski definition) is 1. The second-order valence-electron chi connectivity index (χ2n) is 8.48. The molecule has 0 spiro atoms. The lowest BCUT2D eigenvalue weighted by molar-refractivity contribution is 0.278. The number of rotatable bonds is 7. The van der Waals surface area contributed by atoms with Crippen LogP contribution in [0.4, 0.5) is 4.39 Å². The van der Waals surface area contributed by atoms with E-state index in [9.17, 15) is 9.18 Å². The quantitative estimate of drug-likeness (QED) is 0.288. The van der Waals surface area contributed by atoms with Crippen molar-refractivity contribution in [3.63, 3.8) is 0 Å². The van der Waals surface area contributed by atoms with Gasteiger partial charge in [0.15, 0.2) is 22.5 Å². The van der Waals surface area contributed by atoms with Crippen LogP contribution in [0.1, 0.15) is 34.9 Å². The van der Waals surface area contributed by atoms with Crippen molar-refractivity contribution in [2.45, 2.75) is 43.2 Å². The first-order valence-corrected chi connectivity index (χ1v) is 13.5. The number of ether oxygens (including phenoxy) is 1. The number of nitrogens with zero attached hydrogens (tertiary/aromatic N) is 4. The molecule has 1 N–H and O–H groups in total. The highest BCUT2D eigenvalue weighted by atomic mass is 32.2. The van der Waals surface area contributed by atoms with Crippen molar-refractivity contribution in [3.05, 3.63) is 92.9 Å². The van der Waals surface area contributed by atoms with Crippen LogP contribution in [0.15, 0.2) is 64.5 Å². The van der Waals surface area contributed by atoms with Gasteiger partial charge in [-0.25, -0.2) is 9.37 Å². The Bertz CT molecular complexity index is 1600. The highest BCUT2D eigenvalue weighted by Gasteiger charge is 2.21. The maximum Gasteiger partial charge on any atom is 0.259 e. The van der Waals surface area contributed by atoms with Gasteiger partial charge < -0.3 is 9.72 Å². The average molecular weight is 520 g/mol. The van der Waals surface area contributed by atoms with Gasteiger partial charge in [0, 0.05) is 10.6 Å². The topological polar surface area (TPSA) is 85.7 Å². The lowest BCUT2D eigenvalue weighted by Gasteiger charge is -2.11. The minimum atomic E-state index is -0.432. The SMILES string of the molecule is O=c1[nH]c(CSc2nnc(COc3ccccc3F)n2-c2ccccc2)nc2sc3c(c12)CCCC3. The second kappa shape index (κ2) is 9.87. The minimum absolute atomic E-state index is 0.0468. The molecule has 0 unspecified atom stereocenters. The van der Waals surface area contributed by atoms with Crippen molar-refractivity contribution in [3.8, 4) is 11.4 Å². The molecule has 36 heavy (non-hydrogen) atoms.